The molecule has 0 aromatic carbocycles. The van der Waals surface area contributed by atoms with E-state index >= 15 is 0 Å². The lowest BCUT2D eigenvalue weighted by atomic mass is 9.97. The summed E-state index contributed by atoms with van der Waals surface area (Å²) >= 11 is 1.39. The van der Waals surface area contributed by atoms with Gasteiger partial charge in [-0.25, -0.2) is 5.10 Å². The quantitative estimate of drug-likeness (QED) is 0.796. The van der Waals surface area contributed by atoms with Crippen LogP contribution in [0.1, 0.15) is 32.6 Å². The van der Waals surface area contributed by atoms with Gasteiger partial charge in [0.05, 0.1) is 5.75 Å². The van der Waals surface area contributed by atoms with Gasteiger partial charge in [0.15, 0.2) is 0 Å². The van der Waals surface area contributed by atoms with Crippen molar-refractivity contribution in [1.82, 2.24) is 25.4 Å². The van der Waals surface area contributed by atoms with Crippen LogP contribution in [0.3, 0.4) is 0 Å². The maximum atomic E-state index is 5.54. The van der Waals surface area contributed by atoms with Crippen LogP contribution in [0.4, 0.5) is 5.95 Å². The van der Waals surface area contributed by atoms with Crippen molar-refractivity contribution in [3.63, 3.8) is 0 Å². The van der Waals surface area contributed by atoms with E-state index in [0.29, 0.717) is 28.6 Å². The molecule has 2 rings (SSSR count). The van der Waals surface area contributed by atoms with E-state index in [4.69, 9.17) is 10.2 Å². The van der Waals surface area contributed by atoms with Gasteiger partial charge < -0.3 is 10.2 Å². The molecule has 2 aromatic heterocycles. The van der Waals surface area contributed by atoms with Gasteiger partial charge in [-0.15, -0.1) is 15.3 Å². The number of H-pyrrole nitrogens is 1. The Kier molecular flexibility index (Phi) is 3.05. The molecule has 0 saturated heterocycles. The van der Waals surface area contributed by atoms with Crippen molar-refractivity contribution in [2.75, 3.05) is 5.73 Å². The highest BCUT2D eigenvalue weighted by molar-refractivity contribution is 7.98. The van der Waals surface area contributed by atoms with Gasteiger partial charge in [-0.2, -0.15) is 4.98 Å². The second-order valence-corrected chi connectivity index (χ2v) is 5.49. The molecule has 0 spiro atoms. The topological polar surface area (TPSA) is 107 Å². The SMILES string of the molecule is CC(C)(C)c1nnc(CSc2n[nH]c(N)n2)o1. The molecule has 0 aliphatic heterocycles. The third-order valence-corrected chi connectivity index (χ3v) is 2.75. The molecule has 92 valence electrons. The van der Waals surface area contributed by atoms with Crippen LogP contribution in [0.25, 0.3) is 0 Å². The van der Waals surface area contributed by atoms with Gasteiger partial charge in [0.2, 0.25) is 22.9 Å². The number of rotatable bonds is 3. The number of hydrogen-bond donors (Lipinski definition) is 2. The second kappa shape index (κ2) is 4.36. The van der Waals surface area contributed by atoms with E-state index in [2.05, 4.69) is 25.4 Å². The van der Waals surface area contributed by atoms with E-state index in [1.165, 1.54) is 11.8 Å². The molecule has 7 nitrogen and oxygen atoms in total. The maximum absolute atomic E-state index is 5.54. The predicted molar refractivity (Wildman–Crippen MR) is 63.4 cm³/mol. The van der Waals surface area contributed by atoms with Crippen molar-refractivity contribution in [3.05, 3.63) is 11.8 Å². The third-order valence-electron chi connectivity index (χ3n) is 1.92. The number of aromatic nitrogens is 5. The number of nitrogens with zero attached hydrogens (tertiary/aromatic N) is 4. The molecule has 0 aliphatic carbocycles. The monoisotopic (exact) mass is 254 g/mol. The van der Waals surface area contributed by atoms with Crippen LogP contribution in [-0.4, -0.2) is 25.4 Å². The maximum Gasteiger partial charge on any atom is 0.226 e. The number of nitrogens with one attached hydrogen (secondary N) is 1. The van der Waals surface area contributed by atoms with E-state index in [9.17, 15) is 0 Å². The lowest BCUT2D eigenvalue weighted by Crippen LogP contribution is -2.11. The summed E-state index contributed by atoms with van der Waals surface area (Å²) in [4.78, 5) is 3.97. The largest absolute Gasteiger partial charge is 0.424 e. The van der Waals surface area contributed by atoms with Crippen molar-refractivity contribution in [2.24, 2.45) is 0 Å². The molecule has 0 saturated carbocycles. The summed E-state index contributed by atoms with van der Waals surface area (Å²) in [6.07, 6.45) is 0. The molecular weight excluding hydrogens is 240 g/mol. The van der Waals surface area contributed by atoms with Gasteiger partial charge in [0, 0.05) is 5.41 Å². The number of thioether (sulfide) groups is 1. The van der Waals surface area contributed by atoms with Crippen molar-refractivity contribution < 1.29 is 4.42 Å². The second-order valence-electron chi connectivity index (χ2n) is 4.54. The van der Waals surface area contributed by atoms with Gasteiger partial charge in [0.1, 0.15) is 0 Å². The van der Waals surface area contributed by atoms with Gasteiger partial charge >= 0.3 is 0 Å². The van der Waals surface area contributed by atoms with Crippen molar-refractivity contribution >= 4 is 17.7 Å². The molecule has 17 heavy (non-hydrogen) atoms. The minimum atomic E-state index is -0.134. The lowest BCUT2D eigenvalue weighted by molar-refractivity contribution is 0.378. The first kappa shape index (κ1) is 11.9. The zero-order chi connectivity index (χ0) is 12.5. The molecule has 0 atom stereocenters. The number of anilines is 1. The Labute approximate surface area is 103 Å². The van der Waals surface area contributed by atoms with E-state index in [-0.39, 0.29) is 5.41 Å². The van der Waals surface area contributed by atoms with Crippen LogP contribution < -0.4 is 5.73 Å². The molecule has 0 amide bonds. The lowest BCUT2D eigenvalue weighted by Gasteiger charge is -2.10. The van der Waals surface area contributed by atoms with Gasteiger partial charge in [0.25, 0.3) is 0 Å². The first-order valence-corrected chi connectivity index (χ1v) is 6.07. The Morgan fingerprint density at radius 1 is 1.35 bits per heavy atom. The highest BCUT2D eigenvalue weighted by Crippen LogP contribution is 2.23. The minimum Gasteiger partial charge on any atom is -0.424 e. The average Bonchev–Trinajstić information content (AvgIpc) is 2.82. The van der Waals surface area contributed by atoms with Gasteiger partial charge in [-0.3, -0.25) is 0 Å². The van der Waals surface area contributed by atoms with E-state index in [1.54, 1.807) is 0 Å². The highest BCUT2D eigenvalue weighted by atomic mass is 32.2. The Balaban J connectivity index is 1.98. The van der Waals surface area contributed by atoms with Crippen molar-refractivity contribution in [3.8, 4) is 0 Å². The number of hydrogen-bond acceptors (Lipinski definition) is 7. The molecule has 8 heteroatoms. The van der Waals surface area contributed by atoms with E-state index in [1.807, 2.05) is 20.8 Å². The number of nitrogen functional groups attached to an aromatic ring is 1. The van der Waals surface area contributed by atoms with Gasteiger partial charge in [-0.1, -0.05) is 32.5 Å². The van der Waals surface area contributed by atoms with Crippen LogP contribution in [0, 0.1) is 0 Å². The molecule has 0 unspecified atom stereocenters. The summed E-state index contributed by atoms with van der Waals surface area (Å²) in [5.74, 6) is 2.01. The van der Waals surface area contributed by atoms with Crippen molar-refractivity contribution in [1.29, 1.82) is 0 Å². The zero-order valence-corrected chi connectivity index (χ0v) is 10.7. The Morgan fingerprint density at radius 2 is 2.12 bits per heavy atom. The number of aromatic amines is 1. The van der Waals surface area contributed by atoms with Crippen LogP contribution in [0.15, 0.2) is 9.57 Å². The summed E-state index contributed by atoms with van der Waals surface area (Å²) in [6.45, 7) is 6.06. The van der Waals surface area contributed by atoms with Crippen LogP contribution in [-0.2, 0) is 11.2 Å². The predicted octanol–water partition coefficient (Wildman–Crippen LogP) is 1.36. The summed E-state index contributed by atoms with van der Waals surface area (Å²) in [5.41, 5.74) is 5.28. The molecule has 0 fully saturated rings. The summed E-state index contributed by atoms with van der Waals surface area (Å²) in [7, 11) is 0. The summed E-state index contributed by atoms with van der Waals surface area (Å²) < 4.78 is 5.54. The molecule has 2 aromatic rings. The fourth-order valence-electron chi connectivity index (χ4n) is 1.06. The van der Waals surface area contributed by atoms with Crippen LogP contribution >= 0.6 is 11.8 Å². The first-order valence-electron chi connectivity index (χ1n) is 5.08. The van der Waals surface area contributed by atoms with E-state index in [0.717, 1.165) is 0 Å². The molecule has 2 heterocycles. The van der Waals surface area contributed by atoms with Gasteiger partial charge in [-0.05, 0) is 0 Å². The molecule has 0 aliphatic rings. The smallest absolute Gasteiger partial charge is 0.226 e. The highest BCUT2D eigenvalue weighted by Gasteiger charge is 2.21. The Hall–Kier alpha value is -1.57. The molecule has 3 N–H and O–H groups in total. The average molecular weight is 254 g/mol. The molecule has 0 radical (unpaired) electrons. The fraction of sp³-hybridized carbons (Fsp3) is 0.556. The molecule has 0 bridgehead atoms. The number of nitrogens with two attached hydrogens (primary N) is 1. The summed E-state index contributed by atoms with van der Waals surface area (Å²) in [6, 6.07) is 0. The Morgan fingerprint density at radius 3 is 2.65 bits per heavy atom. The standard InChI is InChI=1S/C9H14N6OS/c1-9(2,3)6-13-12-5(16-6)4-17-8-11-7(10)14-15-8/h4H2,1-3H3,(H3,10,11,14,15). The minimum absolute atomic E-state index is 0.134. The zero-order valence-electron chi connectivity index (χ0n) is 9.89. The normalized spacial score (nSPS) is 11.9. The summed E-state index contributed by atoms with van der Waals surface area (Å²) in [5, 5.41) is 15.0. The fourth-order valence-corrected chi connectivity index (χ4v) is 1.71. The Bertz CT molecular complexity index is 500. The third kappa shape index (κ3) is 2.96. The van der Waals surface area contributed by atoms with Crippen molar-refractivity contribution in [2.45, 2.75) is 37.1 Å². The van der Waals surface area contributed by atoms with Crippen LogP contribution in [0.5, 0.6) is 0 Å². The molecular formula is C9H14N6OS. The van der Waals surface area contributed by atoms with Crippen LogP contribution in [0.2, 0.25) is 0 Å². The first-order chi connectivity index (χ1) is 7.95. The van der Waals surface area contributed by atoms with E-state index < -0.39 is 0 Å².